The summed E-state index contributed by atoms with van der Waals surface area (Å²) in [5.41, 5.74) is 1.07. The number of benzene rings is 1. The molecule has 1 amide bonds. The Kier molecular flexibility index (Phi) is 5.08. The number of rotatable bonds is 5. The fourth-order valence-electron chi connectivity index (χ4n) is 1.87. The normalized spacial score (nSPS) is 12.3. The molecule has 1 aromatic carbocycles. The monoisotopic (exact) mass is 247 g/mol. The number of amides is 1. The molecule has 0 spiro atoms. The van der Waals surface area contributed by atoms with Crippen molar-refractivity contribution in [2.24, 2.45) is 5.92 Å². The van der Waals surface area contributed by atoms with Crippen LogP contribution in [0.2, 0.25) is 0 Å². The molecule has 0 unspecified atom stereocenters. The molecule has 18 heavy (non-hydrogen) atoms. The van der Waals surface area contributed by atoms with Gasteiger partial charge in [-0.1, -0.05) is 44.2 Å². The second-order valence-electron chi connectivity index (χ2n) is 4.89. The molecule has 1 aromatic rings. The van der Waals surface area contributed by atoms with Crippen molar-refractivity contribution in [2.75, 3.05) is 7.05 Å². The van der Waals surface area contributed by atoms with E-state index in [0.29, 0.717) is 6.42 Å². The summed E-state index contributed by atoms with van der Waals surface area (Å²) in [6.45, 7) is 5.23. The van der Waals surface area contributed by atoms with Gasteiger partial charge >= 0.3 is 0 Å². The molecule has 0 bridgehead atoms. The van der Waals surface area contributed by atoms with Gasteiger partial charge in [-0.05, 0) is 12.0 Å². The summed E-state index contributed by atoms with van der Waals surface area (Å²) in [7, 11) is 1.69. The Labute approximate surface area is 109 Å². The maximum absolute atomic E-state index is 12.2. The molecule has 98 valence electrons. The van der Waals surface area contributed by atoms with Crippen LogP contribution in [0.15, 0.2) is 30.3 Å². The number of hydrogen-bond acceptors (Lipinski definition) is 2. The number of hydrogen-bond donors (Lipinski definition) is 0. The minimum absolute atomic E-state index is 0.0690. The van der Waals surface area contributed by atoms with Crippen LogP contribution in [0.1, 0.15) is 26.3 Å². The van der Waals surface area contributed by atoms with Crippen LogP contribution in [0, 0.1) is 5.92 Å². The van der Waals surface area contributed by atoms with Crippen LogP contribution in [0.25, 0.3) is 0 Å². The third kappa shape index (κ3) is 3.69. The predicted octanol–water partition coefficient (Wildman–Crippen LogP) is 2.30. The molecule has 0 saturated heterocycles. The van der Waals surface area contributed by atoms with Crippen LogP contribution < -0.4 is 0 Å². The molecule has 1 rings (SSSR count). The summed E-state index contributed by atoms with van der Waals surface area (Å²) in [4.78, 5) is 25.2. The van der Waals surface area contributed by atoms with E-state index in [9.17, 15) is 9.59 Å². The summed E-state index contributed by atoms with van der Waals surface area (Å²) in [6.07, 6.45) is 0.577. The molecular formula is C15H21NO2. The number of nitrogens with zero attached hydrogens (tertiary/aromatic N) is 1. The summed E-state index contributed by atoms with van der Waals surface area (Å²) in [6, 6.07) is 9.42. The molecular weight excluding hydrogens is 226 g/mol. The van der Waals surface area contributed by atoms with E-state index < -0.39 is 0 Å². The van der Waals surface area contributed by atoms with Gasteiger partial charge in [0.05, 0.1) is 6.04 Å². The summed E-state index contributed by atoms with van der Waals surface area (Å²) in [5.74, 6) is -0.0398. The zero-order valence-corrected chi connectivity index (χ0v) is 11.5. The van der Waals surface area contributed by atoms with Crippen molar-refractivity contribution in [1.29, 1.82) is 0 Å². The van der Waals surface area contributed by atoms with Gasteiger partial charge in [0.1, 0.15) is 0 Å². The summed E-state index contributed by atoms with van der Waals surface area (Å²) >= 11 is 0. The zero-order valence-electron chi connectivity index (χ0n) is 11.5. The molecule has 0 saturated carbocycles. The second-order valence-corrected chi connectivity index (χ2v) is 4.89. The van der Waals surface area contributed by atoms with E-state index in [2.05, 4.69) is 0 Å². The first-order chi connectivity index (χ1) is 8.43. The van der Waals surface area contributed by atoms with Crippen molar-refractivity contribution in [3.8, 4) is 0 Å². The van der Waals surface area contributed by atoms with Crippen LogP contribution >= 0.6 is 0 Å². The van der Waals surface area contributed by atoms with Crippen molar-refractivity contribution in [3.05, 3.63) is 35.9 Å². The van der Waals surface area contributed by atoms with Gasteiger partial charge in [0, 0.05) is 19.9 Å². The lowest BCUT2D eigenvalue weighted by Crippen LogP contribution is -2.44. The topological polar surface area (TPSA) is 37.4 Å². The number of Topliss-reactive ketones (excluding diaryl/α,β-unsaturated/α-hetero) is 1. The average molecular weight is 247 g/mol. The molecule has 3 nitrogen and oxygen atoms in total. The highest BCUT2D eigenvalue weighted by molar-refractivity contribution is 5.89. The molecule has 0 radical (unpaired) electrons. The Morgan fingerprint density at radius 3 is 2.17 bits per heavy atom. The first kappa shape index (κ1) is 14.4. The Hall–Kier alpha value is -1.64. The third-order valence-electron chi connectivity index (χ3n) is 3.13. The Balaban J connectivity index is 2.91. The van der Waals surface area contributed by atoms with Crippen molar-refractivity contribution < 1.29 is 9.59 Å². The molecule has 0 aliphatic carbocycles. The molecule has 3 heteroatoms. The minimum Gasteiger partial charge on any atom is -0.336 e. The standard InChI is InChI=1S/C15H21NO2/c1-11(2)15(18)14(16(4)12(3)17)10-13-8-6-5-7-9-13/h5-9,11,14H,10H2,1-4H3/t14-/m0/s1. The number of carbonyl (C=O) groups excluding carboxylic acids is 2. The van der Waals surface area contributed by atoms with Gasteiger partial charge in [0.15, 0.2) is 5.78 Å². The highest BCUT2D eigenvalue weighted by Crippen LogP contribution is 2.13. The maximum Gasteiger partial charge on any atom is 0.219 e. The largest absolute Gasteiger partial charge is 0.336 e. The van der Waals surface area contributed by atoms with Crippen molar-refractivity contribution in [3.63, 3.8) is 0 Å². The van der Waals surface area contributed by atoms with Gasteiger partial charge in [-0.25, -0.2) is 0 Å². The molecule has 0 fully saturated rings. The Bertz CT molecular complexity index is 412. The zero-order chi connectivity index (χ0) is 13.7. The van der Waals surface area contributed by atoms with Crippen molar-refractivity contribution >= 4 is 11.7 Å². The molecule has 0 aliphatic heterocycles. The van der Waals surface area contributed by atoms with E-state index in [4.69, 9.17) is 0 Å². The number of carbonyl (C=O) groups is 2. The van der Waals surface area contributed by atoms with E-state index in [1.807, 2.05) is 44.2 Å². The minimum atomic E-state index is -0.370. The second kappa shape index (κ2) is 6.34. The first-order valence-corrected chi connectivity index (χ1v) is 6.24. The molecule has 1 atom stereocenters. The van der Waals surface area contributed by atoms with Gasteiger partial charge in [-0.15, -0.1) is 0 Å². The Morgan fingerprint density at radius 1 is 1.17 bits per heavy atom. The highest BCUT2D eigenvalue weighted by atomic mass is 16.2. The quantitative estimate of drug-likeness (QED) is 0.800. The van der Waals surface area contributed by atoms with Gasteiger partial charge in [0.25, 0.3) is 0 Å². The SMILES string of the molecule is CC(=O)N(C)[C@@H](Cc1ccccc1)C(=O)C(C)C. The van der Waals surface area contributed by atoms with Gasteiger partial charge in [0.2, 0.25) is 5.91 Å². The lowest BCUT2D eigenvalue weighted by atomic mass is 9.94. The molecule has 0 heterocycles. The fraction of sp³-hybridized carbons (Fsp3) is 0.467. The van der Waals surface area contributed by atoms with Crippen LogP contribution in [0.5, 0.6) is 0 Å². The lowest BCUT2D eigenvalue weighted by molar-refractivity contribution is -0.137. The van der Waals surface area contributed by atoms with Crippen LogP contribution in [0.4, 0.5) is 0 Å². The van der Waals surface area contributed by atoms with Crippen LogP contribution in [-0.4, -0.2) is 29.7 Å². The average Bonchev–Trinajstić information content (AvgIpc) is 2.35. The van der Waals surface area contributed by atoms with Crippen LogP contribution in [0.3, 0.4) is 0 Å². The lowest BCUT2D eigenvalue weighted by Gasteiger charge is -2.27. The van der Waals surface area contributed by atoms with Gasteiger partial charge in [-0.3, -0.25) is 9.59 Å². The Morgan fingerprint density at radius 2 is 1.72 bits per heavy atom. The van der Waals surface area contributed by atoms with E-state index in [1.165, 1.54) is 11.8 Å². The maximum atomic E-state index is 12.2. The molecule has 0 aromatic heterocycles. The summed E-state index contributed by atoms with van der Waals surface area (Å²) < 4.78 is 0. The molecule has 0 aliphatic rings. The third-order valence-corrected chi connectivity index (χ3v) is 3.13. The van der Waals surface area contributed by atoms with Crippen molar-refractivity contribution in [1.82, 2.24) is 4.90 Å². The first-order valence-electron chi connectivity index (χ1n) is 6.24. The van der Waals surface area contributed by atoms with E-state index >= 15 is 0 Å². The van der Waals surface area contributed by atoms with Crippen LogP contribution in [-0.2, 0) is 16.0 Å². The van der Waals surface area contributed by atoms with E-state index in [1.54, 1.807) is 7.05 Å². The van der Waals surface area contributed by atoms with Gasteiger partial charge < -0.3 is 4.90 Å². The van der Waals surface area contributed by atoms with E-state index in [-0.39, 0.29) is 23.7 Å². The van der Waals surface area contributed by atoms with Crippen molar-refractivity contribution in [2.45, 2.75) is 33.2 Å². The van der Waals surface area contributed by atoms with Gasteiger partial charge in [-0.2, -0.15) is 0 Å². The predicted molar refractivity (Wildman–Crippen MR) is 72.2 cm³/mol. The number of likely N-dealkylation sites (N-methyl/N-ethyl adjacent to an activating group) is 1. The highest BCUT2D eigenvalue weighted by Gasteiger charge is 2.26. The molecule has 0 N–H and O–H groups in total. The summed E-state index contributed by atoms with van der Waals surface area (Å²) in [5, 5.41) is 0. The number of ketones is 1. The fourth-order valence-corrected chi connectivity index (χ4v) is 1.87. The smallest absolute Gasteiger partial charge is 0.219 e. The van der Waals surface area contributed by atoms with E-state index in [0.717, 1.165) is 5.56 Å².